The Morgan fingerprint density at radius 3 is 2.71 bits per heavy atom. The third-order valence-corrected chi connectivity index (χ3v) is 3.18. The predicted octanol–water partition coefficient (Wildman–Crippen LogP) is 2.76. The summed E-state index contributed by atoms with van der Waals surface area (Å²) in [5.74, 6) is 0.655. The van der Waals surface area contributed by atoms with Gasteiger partial charge in [-0.2, -0.15) is 0 Å². The molecule has 0 atom stereocenters. The molecule has 1 nitrogen and oxygen atoms in total. The second-order valence-electron chi connectivity index (χ2n) is 4.51. The van der Waals surface area contributed by atoms with E-state index in [2.05, 4.69) is 38.2 Å². The third-order valence-electron chi connectivity index (χ3n) is 3.18. The van der Waals surface area contributed by atoms with E-state index in [4.69, 9.17) is 0 Å². The molecule has 14 heavy (non-hydrogen) atoms. The lowest BCUT2D eigenvalue weighted by atomic mass is 9.87. The van der Waals surface area contributed by atoms with Gasteiger partial charge in [0.25, 0.3) is 0 Å². The van der Waals surface area contributed by atoms with Gasteiger partial charge in [-0.1, -0.05) is 26.0 Å². The molecular weight excluding hydrogens is 170 g/mol. The average molecular weight is 189 g/mol. The minimum Gasteiger partial charge on any atom is -0.312 e. The molecule has 0 aromatic heterocycles. The first-order valence-electron chi connectivity index (χ1n) is 5.52. The molecule has 0 bridgehead atoms. The first kappa shape index (κ1) is 9.72. The molecule has 0 saturated heterocycles. The van der Waals surface area contributed by atoms with E-state index in [1.165, 1.54) is 12.0 Å². The second kappa shape index (κ2) is 3.74. The zero-order valence-corrected chi connectivity index (χ0v) is 9.35. The number of rotatable bonds is 1. The maximum absolute atomic E-state index is 3.45. The van der Waals surface area contributed by atoms with Crippen LogP contribution in [0.2, 0.25) is 0 Å². The van der Waals surface area contributed by atoms with Crippen LogP contribution in [-0.4, -0.2) is 6.54 Å². The van der Waals surface area contributed by atoms with E-state index >= 15 is 0 Å². The molecular formula is C13H19N. The summed E-state index contributed by atoms with van der Waals surface area (Å²) >= 11 is 0. The molecule has 0 fully saturated rings. The molecule has 1 aromatic rings. The zero-order chi connectivity index (χ0) is 10.1. The van der Waals surface area contributed by atoms with E-state index in [9.17, 15) is 0 Å². The van der Waals surface area contributed by atoms with Crippen LogP contribution in [0.15, 0.2) is 12.1 Å². The van der Waals surface area contributed by atoms with Gasteiger partial charge in [-0.25, -0.2) is 0 Å². The van der Waals surface area contributed by atoms with Gasteiger partial charge in [-0.05, 0) is 48.1 Å². The fourth-order valence-corrected chi connectivity index (χ4v) is 2.34. The van der Waals surface area contributed by atoms with Crippen LogP contribution in [0.5, 0.6) is 0 Å². The lowest BCUT2D eigenvalue weighted by Gasteiger charge is -2.24. The highest BCUT2D eigenvalue weighted by molar-refractivity contribution is 5.43. The number of hydrogen-bond acceptors (Lipinski definition) is 1. The molecule has 0 amide bonds. The molecule has 76 valence electrons. The molecule has 0 radical (unpaired) electrons. The van der Waals surface area contributed by atoms with Crippen molar-refractivity contribution >= 4 is 0 Å². The summed E-state index contributed by atoms with van der Waals surface area (Å²) in [5, 5.41) is 3.45. The largest absolute Gasteiger partial charge is 0.312 e. The van der Waals surface area contributed by atoms with Crippen molar-refractivity contribution in [2.45, 2.75) is 39.7 Å². The van der Waals surface area contributed by atoms with Crippen molar-refractivity contribution in [3.05, 3.63) is 34.4 Å². The fourth-order valence-electron chi connectivity index (χ4n) is 2.34. The fraction of sp³-hybridized carbons (Fsp3) is 0.538. The van der Waals surface area contributed by atoms with Crippen LogP contribution in [0.1, 0.15) is 42.0 Å². The van der Waals surface area contributed by atoms with E-state index in [-0.39, 0.29) is 0 Å². The third kappa shape index (κ3) is 1.57. The van der Waals surface area contributed by atoms with E-state index < -0.39 is 0 Å². The molecule has 1 N–H and O–H groups in total. The van der Waals surface area contributed by atoms with Crippen molar-refractivity contribution < 1.29 is 0 Å². The van der Waals surface area contributed by atoms with Crippen LogP contribution in [-0.2, 0) is 13.0 Å². The van der Waals surface area contributed by atoms with Gasteiger partial charge >= 0.3 is 0 Å². The van der Waals surface area contributed by atoms with E-state index in [1.807, 2.05) is 0 Å². The first-order chi connectivity index (χ1) is 6.70. The van der Waals surface area contributed by atoms with Gasteiger partial charge in [0.2, 0.25) is 0 Å². The van der Waals surface area contributed by atoms with Crippen molar-refractivity contribution in [2.75, 3.05) is 6.54 Å². The monoisotopic (exact) mass is 189 g/mol. The number of benzene rings is 1. The van der Waals surface area contributed by atoms with Gasteiger partial charge in [0.15, 0.2) is 0 Å². The standard InChI is InChI=1S/C13H19N/c1-9(2)11-5-4-10(3)13-8-14-7-6-12(11)13/h4-5,9,14H,6-8H2,1-3H3. The molecule has 1 heteroatoms. The average Bonchev–Trinajstić information content (AvgIpc) is 2.18. The minimum atomic E-state index is 0.655. The molecule has 0 aliphatic carbocycles. The Hall–Kier alpha value is -0.820. The Morgan fingerprint density at radius 1 is 1.21 bits per heavy atom. The van der Waals surface area contributed by atoms with Gasteiger partial charge in [-0.3, -0.25) is 0 Å². The first-order valence-corrected chi connectivity index (χ1v) is 5.52. The Labute approximate surface area is 86.5 Å². The smallest absolute Gasteiger partial charge is 0.0211 e. The van der Waals surface area contributed by atoms with Gasteiger partial charge in [-0.15, -0.1) is 0 Å². The molecule has 1 aliphatic heterocycles. The van der Waals surface area contributed by atoms with E-state index in [1.54, 1.807) is 16.7 Å². The molecule has 1 heterocycles. The summed E-state index contributed by atoms with van der Waals surface area (Å²) in [6, 6.07) is 4.57. The second-order valence-corrected chi connectivity index (χ2v) is 4.51. The SMILES string of the molecule is Cc1ccc(C(C)C)c2c1CNCC2. The Bertz CT molecular complexity index is 339. The van der Waals surface area contributed by atoms with Gasteiger partial charge < -0.3 is 5.32 Å². The van der Waals surface area contributed by atoms with Crippen LogP contribution in [0.3, 0.4) is 0 Å². The topological polar surface area (TPSA) is 12.0 Å². The maximum Gasteiger partial charge on any atom is 0.0211 e. The highest BCUT2D eigenvalue weighted by atomic mass is 14.9. The van der Waals surface area contributed by atoms with Crippen LogP contribution in [0, 0.1) is 6.92 Å². The van der Waals surface area contributed by atoms with Crippen molar-refractivity contribution in [1.29, 1.82) is 0 Å². The number of aryl methyl sites for hydroxylation is 1. The van der Waals surface area contributed by atoms with Crippen molar-refractivity contribution in [3.63, 3.8) is 0 Å². The van der Waals surface area contributed by atoms with Gasteiger partial charge in [0.05, 0.1) is 0 Å². The van der Waals surface area contributed by atoms with Crippen LogP contribution >= 0.6 is 0 Å². The number of hydrogen-bond donors (Lipinski definition) is 1. The Morgan fingerprint density at radius 2 is 2.00 bits per heavy atom. The molecule has 0 unspecified atom stereocenters. The van der Waals surface area contributed by atoms with Crippen LogP contribution in [0.4, 0.5) is 0 Å². The van der Waals surface area contributed by atoms with Gasteiger partial charge in [0, 0.05) is 6.54 Å². The molecule has 0 spiro atoms. The summed E-state index contributed by atoms with van der Waals surface area (Å²) < 4.78 is 0. The lowest BCUT2D eigenvalue weighted by molar-refractivity contribution is 0.630. The summed E-state index contributed by atoms with van der Waals surface area (Å²) in [4.78, 5) is 0. The molecule has 0 saturated carbocycles. The van der Waals surface area contributed by atoms with E-state index in [0.717, 1.165) is 13.1 Å². The van der Waals surface area contributed by atoms with Crippen molar-refractivity contribution in [2.24, 2.45) is 0 Å². The summed E-state index contributed by atoms with van der Waals surface area (Å²) in [6.45, 7) is 8.98. The van der Waals surface area contributed by atoms with Crippen molar-refractivity contribution in [1.82, 2.24) is 5.32 Å². The Balaban J connectivity index is 2.53. The normalized spacial score (nSPS) is 15.7. The minimum absolute atomic E-state index is 0.655. The summed E-state index contributed by atoms with van der Waals surface area (Å²) in [6.07, 6.45) is 1.20. The predicted molar refractivity (Wildman–Crippen MR) is 60.7 cm³/mol. The maximum atomic E-state index is 3.45. The summed E-state index contributed by atoms with van der Waals surface area (Å²) in [7, 11) is 0. The van der Waals surface area contributed by atoms with Gasteiger partial charge in [0.1, 0.15) is 0 Å². The molecule has 1 aromatic carbocycles. The van der Waals surface area contributed by atoms with Crippen LogP contribution in [0.25, 0.3) is 0 Å². The van der Waals surface area contributed by atoms with E-state index in [0.29, 0.717) is 5.92 Å². The highest BCUT2D eigenvalue weighted by Gasteiger charge is 2.15. The lowest BCUT2D eigenvalue weighted by Crippen LogP contribution is -2.25. The Kier molecular flexibility index (Phi) is 2.60. The number of nitrogens with one attached hydrogen (secondary N) is 1. The number of fused-ring (bicyclic) bond motifs is 1. The van der Waals surface area contributed by atoms with Crippen molar-refractivity contribution in [3.8, 4) is 0 Å². The quantitative estimate of drug-likeness (QED) is 0.716. The molecule has 1 aliphatic rings. The molecule has 2 rings (SSSR count). The zero-order valence-electron chi connectivity index (χ0n) is 9.35. The highest BCUT2D eigenvalue weighted by Crippen LogP contribution is 2.27. The van der Waals surface area contributed by atoms with Crippen LogP contribution < -0.4 is 5.32 Å². The summed E-state index contributed by atoms with van der Waals surface area (Å²) in [5.41, 5.74) is 6.14.